The number of carbonyl (C=O) groups is 2. The molecule has 1 heterocycles. The van der Waals surface area contributed by atoms with Crippen LogP contribution < -0.4 is 10.6 Å². The minimum absolute atomic E-state index is 0.135. The molecule has 0 saturated heterocycles. The third kappa shape index (κ3) is 6.14. The Labute approximate surface area is 184 Å². The maximum atomic E-state index is 12.9. The standard InChI is InChI=1S/C25H30N4O2/c1-17(2)14-21(15-26)28-25(31)22-7-3-4-8-23(22)29-24(30)19-11-9-18(10-12-19)20-6-5-13-27-16-20/h5-6,9-13,16-17,21-23H,3-4,7-8,14H2,1-2H3,(H,28,31)(H,29,30)/t21-,22+,23-/m0/s1. The van der Waals surface area contributed by atoms with Gasteiger partial charge in [0.05, 0.1) is 12.0 Å². The Balaban J connectivity index is 1.64. The molecule has 0 bridgehead atoms. The fourth-order valence-corrected chi connectivity index (χ4v) is 4.11. The topological polar surface area (TPSA) is 94.9 Å². The first kappa shape index (κ1) is 22.5. The maximum Gasteiger partial charge on any atom is 0.251 e. The van der Waals surface area contributed by atoms with Gasteiger partial charge < -0.3 is 10.6 Å². The molecule has 2 N–H and O–H groups in total. The molecule has 6 heteroatoms. The molecule has 3 rings (SSSR count). The normalized spacial score (nSPS) is 19.3. The molecule has 0 unspecified atom stereocenters. The lowest BCUT2D eigenvalue weighted by Gasteiger charge is -2.32. The van der Waals surface area contributed by atoms with Crippen LogP contribution >= 0.6 is 0 Å². The Morgan fingerprint density at radius 3 is 2.52 bits per heavy atom. The SMILES string of the molecule is CC(C)C[C@@H](C#N)NC(=O)[C@@H]1CCCC[C@@H]1NC(=O)c1ccc(-c2cccnc2)cc1. The molecule has 31 heavy (non-hydrogen) atoms. The zero-order valence-corrected chi connectivity index (χ0v) is 18.2. The largest absolute Gasteiger partial charge is 0.349 e. The predicted octanol–water partition coefficient (Wildman–Crippen LogP) is 4.09. The summed E-state index contributed by atoms with van der Waals surface area (Å²) in [5, 5.41) is 15.3. The van der Waals surface area contributed by atoms with Crippen LogP contribution in [0.25, 0.3) is 11.1 Å². The number of pyridine rings is 1. The molecule has 162 valence electrons. The lowest BCUT2D eigenvalue weighted by molar-refractivity contribution is -0.127. The third-order valence-electron chi connectivity index (χ3n) is 5.74. The summed E-state index contributed by atoms with van der Waals surface area (Å²) in [6.45, 7) is 4.05. The molecule has 1 aliphatic carbocycles. The number of nitriles is 1. The van der Waals surface area contributed by atoms with Crippen molar-refractivity contribution in [2.75, 3.05) is 0 Å². The van der Waals surface area contributed by atoms with Gasteiger partial charge in [0.2, 0.25) is 5.91 Å². The second-order valence-electron chi connectivity index (χ2n) is 8.61. The molecule has 2 amide bonds. The van der Waals surface area contributed by atoms with E-state index < -0.39 is 6.04 Å². The number of aromatic nitrogens is 1. The van der Waals surface area contributed by atoms with Crippen LogP contribution in [0.4, 0.5) is 0 Å². The molecule has 1 saturated carbocycles. The molecule has 0 spiro atoms. The number of nitrogens with zero attached hydrogens (tertiary/aromatic N) is 2. The van der Waals surface area contributed by atoms with E-state index in [1.807, 2.05) is 38.1 Å². The summed E-state index contributed by atoms with van der Waals surface area (Å²) in [5.74, 6) is -0.303. The van der Waals surface area contributed by atoms with Crippen molar-refractivity contribution in [2.45, 2.75) is 58.0 Å². The van der Waals surface area contributed by atoms with E-state index in [9.17, 15) is 14.9 Å². The lowest BCUT2D eigenvalue weighted by Crippen LogP contribution is -2.50. The summed E-state index contributed by atoms with van der Waals surface area (Å²) >= 11 is 0. The summed E-state index contributed by atoms with van der Waals surface area (Å²) in [4.78, 5) is 29.8. The van der Waals surface area contributed by atoms with Gasteiger partial charge in [-0.1, -0.05) is 44.9 Å². The van der Waals surface area contributed by atoms with Crippen LogP contribution in [0.3, 0.4) is 0 Å². The molecule has 1 fully saturated rings. The van der Waals surface area contributed by atoms with E-state index >= 15 is 0 Å². The number of amides is 2. The fourth-order valence-electron chi connectivity index (χ4n) is 4.11. The highest BCUT2D eigenvalue weighted by molar-refractivity contribution is 5.95. The molecular formula is C25H30N4O2. The smallest absolute Gasteiger partial charge is 0.251 e. The van der Waals surface area contributed by atoms with Crippen LogP contribution in [-0.2, 0) is 4.79 Å². The second kappa shape index (κ2) is 10.7. The molecule has 6 nitrogen and oxygen atoms in total. The molecule has 1 aromatic carbocycles. The van der Waals surface area contributed by atoms with Gasteiger partial charge in [-0.15, -0.1) is 0 Å². The van der Waals surface area contributed by atoms with Gasteiger partial charge in [-0.05, 0) is 54.5 Å². The number of benzene rings is 1. The van der Waals surface area contributed by atoms with Crippen molar-refractivity contribution < 1.29 is 9.59 Å². The summed E-state index contributed by atoms with van der Waals surface area (Å²) in [5.41, 5.74) is 2.55. The minimum Gasteiger partial charge on any atom is -0.349 e. The quantitative estimate of drug-likeness (QED) is 0.708. The van der Waals surface area contributed by atoms with Gasteiger partial charge >= 0.3 is 0 Å². The maximum absolute atomic E-state index is 12.9. The van der Waals surface area contributed by atoms with E-state index in [4.69, 9.17) is 0 Å². The van der Waals surface area contributed by atoms with E-state index in [0.717, 1.165) is 36.8 Å². The van der Waals surface area contributed by atoms with Crippen molar-refractivity contribution in [3.63, 3.8) is 0 Å². The van der Waals surface area contributed by atoms with E-state index in [2.05, 4.69) is 21.7 Å². The van der Waals surface area contributed by atoms with Crippen molar-refractivity contribution in [3.8, 4) is 17.2 Å². The Morgan fingerprint density at radius 1 is 1.13 bits per heavy atom. The highest BCUT2D eigenvalue weighted by Crippen LogP contribution is 2.26. The summed E-state index contributed by atoms with van der Waals surface area (Å²) in [7, 11) is 0. The average molecular weight is 419 g/mol. The lowest BCUT2D eigenvalue weighted by atomic mass is 9.83. The highest BCUT2D eigenvalue weighted by atomic mass is 16.2. The molecule has 1 aliphatic rings. The van der Waals surface area contributed by atoms with Crippen LogP contribution in [0.5, 0.6) is 0 Å². The monoisotopic (exact) mass is 418 g/mol. The van der Waals surface area contributed by atoms with E-state index in [0.29, 0.717) is 17.9 Å². The molecular weight excluding hydrogens is 388 g/mol. The van der Waals surface area contributed by atoms with Gasteiger partial charge in [0.25, 0.3) is 5.91 Å². The summed E-state index contributed by atoms with van der Waals surface area (Å²) in [6.07, 6.45) is 7.54. The molecule has 0 radical (unpaired) electrons. The van der Waals surface area contributed by atoms with Crippen LogP contribution in [-0.4, -0.2) is 28.9 Å². The van der Waals surface area contributed by atoms with E-state index in [1.54, 1.807) is 24.5 Å². The van der Waals surface area contributed by atoms with Crippen molar-refractivity contribution >= 4 is 11.8 Å². The van der Waals surface area contributed by atoms with Gasteiger partial charge in [-0.25, -0.2) is 0 Å². The number of hydrogen-bond acceptors (Lipinski definition) is 4. The van der Waals surface area contributed by atoms with Crippen molar-refractivity contribution in [1.29, 1.82) is 5.26 Å². The fraction of sp³-hybridized carbons (Fsp3) is 0.440. The van der Waals surface area contributed by atoms with Crippen molar-refractivity contribution in [2.24, 2.45) is 11.8 Å². The van der Waals surface area contributed by atoms with Crippen molar-refractivity contribution in [3.05, 3.63) is 54.4 Å². The molecule has 1 aromatic heterocycles. The van der Waals surface area contributed by atoms with Gasteiger partial charge in [-0.2, -0.15) is 5.26 Å². The Kier molecular flexibility index (Phi) is 7.77. The minimum atomic E-state index is -0.495. The van der Waals surface area contributed by atoms with Gasteiger partial charge in [0.15, 0.2) is 0 Å². The van der Waals surface area contributed by atoms with Gasteiger partial charge in [-0.3, -0.25) is 14.6 Å². The molecule has 2 aromatic rings. The number of carbonyl (C=O) groups excluding carboxylic acids is 2. The molecule has 0 aliphatic heterocycles. The Bertz CT molecular complexity index is 919. The summed E-state index contributed by atoms with van der Waals surface area (Å²) in [6, 6.07) is 12.7. The van der Waals surface area contributed by atoms with Crippen LogP contribution in [0.2, 0.25) is 0 Å². The first-order chi connectivity index (χ1) is 15.0. The number of nitrogens with one attached hydrogen (secondary N) is 2. The van der Waals surface area contributed by atoms with Gasteiger partial charge in [0.1, 0.15) is 6.04 Å². The van der Waals surface area contributed by atoms with Gasteiger partial charge in [0, 0.05) is 24.0 Å². The second-order valence-corrected chi connectivity index (χ2v) is 8.61. The highest BCUT2D eigenvalue weighted by Gasteiger charge is 2.33. The van der Waals surface area contributed by atoms with Crippen LogP contribution in [0.15, 0.2) is 48.8 Å². The number of hydrogen-bond donors (Lipinski definition) is 2. The first-order valence-corrected chi connectivity index (χ1v) is 11.0. The average Bonchev–Trinajstić information content (AvgIpc) is 2.79. The Hall–Kier alpha value is -3.20. The zero-order valence-electron chi connectivity index (χ0n) is 18.2. The first-order valence-electron chi connectivity index (χ1n) is 11.0. The predicted molar refractivity (Wildman–Crippen MR) is 120 cm³/mol. The summed E-state index contributed by atoms with van der Waals surface area (Å²) < 4.78 is 0. The zero-order chi connectivity index (χ0) is 22.2. The Morgan fingerprint density at radius 2 is 1.87 bits per heavy atom. The van der Waals surface area contributed by atoms with Crippen LogP contribution in [0, 0.1) is 23.2 Å². The van der Waals surface area contributed by atoms with E-state index in [1.165, 1.54) is 0 Å². The molecule has 3 atom stereocenters. The number of rotatable bonds is 7. The van der Waals surface area contributed by atoms with Crippen molar-refractivity contribution in [1.82, 2.24) is 15.6 Å². The van der Waals surface area contributed by atoms with Crippen LogP contribution in [0.1, 0.15) is 56.3 Å². The van der Waals surface area contributed by atoms with E-state index in [-0.39, 0.29) is 23.8 Å². The third-order valence-corrected chi connectivity index (χ3v) is 5.74.